The van der Waals surface area contributed by atoms with Crippen LogP contribution in [0.25, 0.3) is 0 Å². The van der Waals surface area contributed by atoms with Crippen molar-refractivity contribution >= 4 is 35.0 Å². The van der Waals surface area contributed by atoms with Gasteiger partial charge in [0.15, 0.2) is 0 Å². The molecule has 1 atom stereocenters. The molecule has 1 aromatic carbocycles. The van der Waals surface area contributed by atoms with Crippen molar-refractivity contribution in [3.05, 3.63) is 29.3 Å². The molecular weight excluding hydrogens is 372 g/mol. The summed E-state index contributed by atoms with van der Waals surface area (Å²) >= 11 is 7.53. The standard InChI is InChI=1S/C17H21ClN6OS/c1-12(26-17-19-20-21-24(17)14-5-6-14)16(25)23-9-7-22(8-10-23)15-4-2-3-13(18)11-15/h2-4,11-12,14H,5-10H2,1H3. The number of benzene rings is 1. The van der Waals surface area contributed by atoms with Crippen molar-refractivity contribution in [2.75, 3.05) is 31.1 Å². The minimum atomic E-state index is -0.198. The van der Waals surface area contributed by atoms with Crippen molar-refractivity contribution in [1.82, 2.24) is 25.1 Å². The number of anilines is 1. The molecule has 26 heavy (non-hydrogen) atoms. The number of hydrogen-bond donors (Lipinski definition) is 0. The van der Waals surface area contributed by atoms with Gasteiger partial charge in [0.25, 0.3) is 0 Å². The van der Waals surface area contributed by atoms with Crippen molar-refractivity contribution in [3.63, 3.8) is 0 Å². The quantitative estimate of drug-likeness (QED) is 0.728. The zero-order chi connectivity index (χ0) is 18.1. The minimum Gasteiger partial charge on any atom is -0.368 e. The van der Waals surface area contributed by atoms with Crippen LogP contribution in [0.1, 0.15) is 25.8 Å². The fourth-order valence-corrected chi connectivity index (χ4v) is 4.26. The van der Waals surface area contributed by atoms with Crippen molar-refractivity contribution in [2.45, 2.75) is 36.2 Å². The van der Waals surface area contributed by atoms with E-state index >= 15 is 0 Å². The number of carbonyl (C=O) groups excluding carboxylic acids is 1. The fourth-order valence-electron chi connectivity index (χ4n) is 3.13. The van der Waals surface area contributed by atoms with Crippen molar-refractivity contribution < 1.29 is 4.79 Å². The van der Waals surface area contributed by atoms with Crippen LogP contribution in [0.2, 0.25) is 5.02 Å². The first-order valence-corrected chi connectivity index (χ1v) is 10.1. The maximum absolute atomic E-state index is 12.8. The zero-order valence-electron chi connectivity index (χ0n) is 14.6. The van der Waals surface area contributed by atoms with Crippen LogP contribution in [-0.4, -0.2) is 62.4 Å². The highest BCUT2D eigenvalue weighted by Gasteiger charge is 2.31. The predicted molar refractivity (Wildman–Crippen MR) is 102 cm³/mol. The number of rotatable bonds is 5. The lowest BCUT2D eigenvalue weighted by Gasteiger charge is -2.37. The lowest BCUT2D eigenvalue weighted by atomic mass is 10.2. The Morgan fingerprint density at radius 3 is 2.73 bits per heavy atom. The van der Waals surface area contributed by atoms with Crippen molar-refractivity contribution in [3.8, 4) is 0 Å². The highest BCUT2D eigenvalue weighted by Crippen LogP contribution is 2.37. The van der Waals surface area contributed by atoms with Crippen LogP contribution in [0.5, 0.6) is 0 Å². The van der Waals surface area contributed by atoms with Crippen LogP contribution in [0.3, 0.4) is 0 Å². The molecule has 1 aromatic heterocycles. The molecular formula is C17H21ClN6OS. The topological polar surface area (TPSA) is 67.2 Å². The van der Waals surface area contributed by atoms with Gasteiger partial charge in [0.05, 0.1) is 11.3 Å². The third-order valence-corrected chi connectivity index (χ3v) is 6.02. The lowest BCUT2D eigenvalue weighted by Crippen LogP contribution is -2.50. The molecule has 2 aromatic rings. The van der Waals surface area contributed by atoms with E-state index in [-0.39, 0.29) is 11.2 Å². The van der Waals surface area contributed by atoms with Gasteiger partial charge in [0, 0.05) is 36.9 Å². The number of aromatic nitrogens is 4. The number of tetrazole rings is 1. The summed E-state index contributed by atoms with van der Waals surface area (Å²) < 4.78 is 1.85. The van der Waals surface area contributed by atoms with E-state index < -0.39 is 0 Å². The van der Waals surface area contributed by atoms with Crippen molar-refractivity contribution in [1.29, 1.82) is 0 Å². The number of carbonyl (C=O) groups is 1. The summed E-state index contributed by atoms with van der Waals surface area (Å²) in [6.45, 7) is 4.97. The summed E-state index contributed by atoms with van der Waals surface area (Å²) in [4.78, 5) is 17.0. The molecule has 2 fully saturated rings. The molecule has 1 unspecified atom stereocenters. The second kappa shape index (κ2) is 7.44. The van der Waals surface area contributed by atoms with Gasteiger partial charge >= 0.3 is 0 Å². The van der Waals surface area contributed by atoms with Gasteiger partial charge in [-0.25, -0.2) is 4.68 Å². The average molecular weight is 393 g/mol. The van der Waals surface area contributed by atoms with Gasteiger partial charge in [-0.05, 0) is 48.4 Å². The van der Waals surface area contributed by atoms with Gasteiger partial charge in [-0.2, -0.15) is 0 Å². The van der Waals surface area contributed by atoms with Gasteiger partial charge in [0.2, 0.25) is 11.1 Å². The molecule has 7 nitrogen and oxygen atoms in total. The molecule has 1 saturated carbocycles. The molecule has 1 aliphatic heterocycles. The van der Waals surface area contributed by atoms with Crippen LogP contribution in [0.4, 0.5) is 5.69 Å². The summed E-state index contributed by atoms with van der Waals surface area (Å²) in [6.07, 6.45) is 2.23. The molecule has 0 spiro atoms. The molecule has 138 valence electrons. The van der Waals surface area contributed by atoms with Crippen molar-refractivity contribution in [2.24, 2.45) is 0 Å². The maximum atomic E-state index is 12.8. The van der Waals surface area contributed by atoms with Crippen LogP contribution in [-0.2, 0) is 4.79 Å². The van der Waals surface area contributed by atoms with Crippen LogP contribution < -0.4 is 4.90 Å². The summed E-state index contributed by atoms with van der Waals surface area (Å²) in [6, 6.07) is 8.27. The number of nitrogens with zero attached hydrogens (tertiary/aromatic N) is 6. The first-order valence-electron chi connectivity index (χ1n) is 8.85. The Bertz CT molecular complexity index is 787. The first-order chi connectivity index (χ1) is 12.6. The fraction of sp³-hybridized carbons (Fsp3) is 0.529. The van der Waals surface area contributed by atoms with E-state index in [0.29, 0.717) is 19.1 Å². The molecule has 1 aliphatic carbocycles. The summed E-state index contributed by atoms with van der Waals surface area (Å²) in [5.41, 5.74) is 1.11. The molecule has 2 heterocycles. The third-order valence-electron chi connectivity index (χ3n) is 4.75. The van der Waals surface area contributed by atoms with Gasteiger partial charge in [-0.15, -0.1) is 5.10 Å². The van der Waals surface area contributed by atoms with Crippen LogP contribution >= 0.6 is 23.4 Å². The van der Waals surface area contributed by atoms with E-state index in [1.807, 2.05) is 34.7 Å². The molecule has 4 rings (SSSR count). The second-order valence-electron chi connectivity index (χ2n) is 6.69. The van der Waals surface area contributed by atoms with Gasteiger partial charge in [-0.1, -0.05) is 29.4 Å². The Labute approximate surface area is 161 Å². The van der Waals surface area contributed by atoms with E-state index in [9.17, 15) is 4.79 Å². The number of piperazine rings is 1. The van der Waals surface area contributed by atoms with E-state index in [4.69, 9.17) is 11.6 Å². The SMILES string of the molecule is CC(Sc1nnnn1C1CC1)C(=O)N1CCN(c2cccc(Cl)c2)CC1. The van der Waals surface area contributed by atoms with Gasteiger partial charge in [0.1, 0.15) is 0 Å². The molecule has 1 saturated heterocycles. The van der Waals surface area contributed by atoms with E-state index in [0.717, 1.165) is 41.8 Å². The van der Waals surface area contributed by atoms with Gasteiger partial charge in [-0.3, -0.25) is 4.79 Å². The third kappa shape index (κ3) is 3.81. The van der Waals surface area contributed by atoms with Crippen LogP contribution in [0, 0.1) is 0 Å². The average Bonchev–Trinajstić information content (AvgIpc) is 3.40. The van der Waals surface area contributed by atoms with E-state index in [1.54, 1.807) is 0 Å². The van der Waals surface area contributed by atoms with E-state index in [1.165, 1.54) is 11.8 Å². The highest BCUT2D eigenvalue weighted by atomic mass is 35.5. The second-order valence-corrected chi connectivity index (χ2v) is 8.43. The summed E-state index contributed by atoms with van der Waals surface area (Å²) in [5.74, 6) is 0.145. The molecule has 0 bridgehead atoms. The number of hydrogen-bond acceptors (Lipinski definition) is 6. The zero-order valence-corrected chi connectivity index (χ0v) is 16.2. The Balaban J connectivity index is 1.33. The Morgan fingerprint density at radius 2 is 2.04 bits per heavy atom. The van der Waals surface area contributed by atoms with Gasteiger partial charge < -0.3 is 9.80 Å². The predicted octanol–water partition coefficient (Wildman–Crippen LogP) is 2.49. The molecule has 1 amide bonds. The number of amides is 1. The highest BCUT2D eigenvalue weighted by molar-refractivity contribution is 8.00. The Hall–Kier alpha value is -1.80. The normalized spacial score (nSPS) is 18.8. The molecule has 0 N–H and O–H groups in total. The minimum absolute atomic E-state index is 0.145. The van der Waals surface area contributed by atoms with Crippen LogP contribution in [0.15, 0.2) is 29.4 Å². The van der Waals surface area contributed by atoms with E-state index in [2.05, 4.69) is 26.5 Å². The lowest BCUT2D eigenvalue weighted by molar-refractivity contribution is -0.130. The maximum Gasteiger partial charge on any atom is 0.236 e. The number of thioether (sulfide) groups is 1. The smallest absolute Gasteiger partial charge is 0.236 e. The Morgan fingerprint density at radius 1 is 1.27 bits per heavy atom. The summed E-state index contributed by atoms with van der Waals surface area (Å²) in [7, 11) is 0. The number of halogens is 1. The summed E-state index contributed by atoms with van der Waals surface area (Å²) in [5, 5.41) is 13.2. The Kier molecular flexibility index (Phi) is 5.04. The monoisotopic (exact) mass is 392 g/mol. The first kappa shape index (κ1) is 17.6. The molecule has 0 radical (unpaired) electrons. The largest absolute Gasteiger partial charge is 0.368 e. The molecule has 9 heteroatoms. The molecule has 2 aliphatic rings.